The van der Waals surface area contributed by atoms with Crippen LogP contribution in [0.25, 0.3) is 6.08 Å². The number of rotatable bonds is 9. The van der Waals surface area contributed by atoms with Crippen molar-refractivity contribution in [3.05, 3.63) is 41.6 Å². The lowest BCUT2D eigenvalue weighted by Crippen LogP contribution is -2.27. The quantitative estimate of drug-likeness (QED) is 0.505. The van der Waals surface area contributed by atoms with E-state index in [1.807, 2.05) is 44.1 Å². The summed E-state index contributed by atoms with van der Waals surface area (Å²) in [5.74, 6) is 2.45. The number of anilines is 2. The Morgan fingerprint density at radius 2 is 1.86 bits per heavy atom. The Labute approximate surface area is 165 Å². The Morgan fingerprint density at radius 1 is 1.11 bits per heavy atom. The highest BCUT2D eigenvalue weighted by Crippen LogP contribution is 2.27. The molecule has 0 saturated carbocycles. The van der Waals surface area contributed by atoms with Crippen molar-refractivity contribution in [2.24, 2.45) is 0 Å². The SMILES string of the molecule is COc1ccc(/C=C/C(=O)NCCNc2nc(C)cc(N(C)C)n2)cc1OC. The number of aromatic nitrogens is 2. The summed E-state index contributed by atoms with van der Waals surface area (Å²) in [6, 6.07) is 7.36. The molecule has 0 fully saturated rings. The fourth-order valence-corrected chi connectivity index (χ4v) is 2.41. The van der Waals surface area contributed by atoms with Crippen molar-refractivity contribution in [3.8, 4) is 11.5 Å². The normalized spacial score (nSPS) is 10.6. The first-order chi connectivity index (χ1) is 13.4. The van der Waals surface area contributed by atoms with E-state index in [4.69, 9.17) is 9.47 Å². The molecule has 0 bridgehead atoms. The standard InChI is InChI=1S/C20H27N5O3/c1-14-12-18(25(2)3)24-20(23-14)22-11-10-21-19(26)9-7-15-6-8-16(27-4)17(13-15)28-5/h6-9,12-13H,10-11H2,1-5H3,(H,21,26)(H,22,23,24)/b9-7+. The van der Waals surface area contributed by atoms with E-state index in [0.717, 1.165) is 17.1 Å². The second-order valence-electron chi connectivity index (χ2n) is 6.25. The first-order valence-corrected chi connectivity index (χ1v) is 8.87. The minimum atomic E-state index is -0.185. The Balaban J connectivity index is 1.82. The van der Waals surface area contributed by atoms with Crippen molar-refractivity contribution in [2.45, 2.75) is 6.92 Å². The number of amides is 1. The predicted molar refractivity (Wildman–Crippen MR) is 111 cm³/mol. The van der Waals surface area contributed by atoms with Crippen LogP contribution in [0.15, 0.2) is 30.3 Å². The van der Waals surface area contributed by atoms with Gasteiger partial charge in [-0.05, 0) is 30.7 Å². The lowest BCUT2D eigenvalue weighted by molar-refractivity contribution is -0.116. The highest BCUT2D eigenvalue weighted by atomic mass is 16.5. The highest BCUT2D eigenvalue weighted by Gasteiger charge is 2.05. The largest absolute Gasteiger partial charge is 0.493 e. The summed E-state index contributed by atoms with van der Waals surface area (Å²) in [6.45, 7) is 2.89. The maximum Gasteiger partial charge on any atom is 0.244 e. The molecule has 0 saturated heterocycles. The van der Waals surface area contributed by atoms with Crippen molar-refractivity contribution in [3.63, 3.8) is 0 Å². The second-order valence-corrected chi connectivity index (χ2v) is 6.25. The molecule has 0 aliphatic rings. The number of hydrogen-bond donors (Lipinski definition) is 2. The van der Waals surface area contributed by atoms with Crippen molar-refractivity contribution in [1.82, 2.24) is 15.3 Å². The summed E-state index contributed by atoms with van der Waals surface area (Å²) in [5.41, 5.74) is 1.72. The van der Waals surface area contributed by atoms with Gasteiger partial charge in [0.05, 0.1) is 14.2 Å². The molecule has 8 heteroatoms. The van der Waals surface area contributed by atoms with Crippen LogP contribution in [0.5, 0.6) is 11.5 Å². The minimum Gasteiger partial charge on any atom is -0.493 e. The number of ether oxygens (including phenoxy) is 2. The number of nitrogens with zero attached hydrogens (tertiary/aromatic N) is 3. The van der Waals surface area contributed by atoms with Gasteiger partial charge in [0, 0.05) is 45.0 Å². The van der Waals surface area contributed by atoms with Crippen LogP contribution < -0.4 is 25.0 Å². The topological polar surface area (TPSA) is 88.6 Å². The molecule has 150 valence electrons. The fraction of sp³-hybridized carbons (Fsp3) is 0.350. The van der Waals surface area contributed by atoms with E-state index in [1.165, 1.54) is 6.08 Å². The number of carbonyl (C=O) groups is 1. The molecule has 1 aromatic heterocycles. The molecule has 2 aromatic rings. The van der Waals surface area contributed by atoms with E-state index in [0.29, 0.717) is 30.5 Å². The van der Waals surface area contributed by atoms with Crippen LogP contribution in [0, 0.1) is 6.92 Å². The number of hydrogen-bond acceptors (Lipinski definition) is 7. The summed E-state index contributed by atoms with van der Waals surface area (Å²) in [4.78, 5) is 22.7. The molecule has 0 atom stereocenters. The lowest BCUT2D eigenvalue weighted by atomic mass is 10.2. The lowest BCUT2D eigenvalue weighted by Gasteiger charge is -2.13. The zero-order valence-electron chi connectivity index (χ0n) is 16.9. The van der Waals surface area contributed by atoms with Crippen molar-refractivity contribution in [1.29, 1.82) is 0 Å². The van der Waals surface area contributed by atoms with Gasteiger partial charge in [-0.25, -0.2) is 4.98 Å². The van der Waals surface area contributed by atoms with Crippen LogP contribution in [0.3, 0.4) is 0 Å². The predicted octanol–water partition coefficient (Wildman–Crippen LogP) is 2.11. The summed E-state index contributed by atoms with van der Waals surface area (Å²) >= 11 is 0. The maximum atomic E-state index is 12.0. The van der Waals surface area contributed by atoms with E-state index in [1.54, 1.807) is 26.4 Å². The molecule has 1 aromatic carbocycles. The van der Waals surface area contributed by atoms with Crippen LogP contribution in [0.2, 0.25) is 0 Å². The van der Waals surface area contributed by atoms with Gasteiger partial charge in [0.1, 0.15) is 5.82 Å². The first kappa shape index (κ1) is 21.0. The fourth-order valence-electron chi connectivity index (χ4n) is 2.41. The zero-order chi connectivity index (χ0) is 20.5. The van der Waals surface area contributed by atoms with Gasteiger partial charge >= 0.3 is 0 Å². The van der Waals surface area contributed by atoms with Crippen LogP contribution in [0.4, 0.5) is 11.8 Å². The van der Waals surface area contributed by atoms with Crippen molar-refractivity contribution in [2.75, 3.05) is 51.6 Å². The van der Waals surface area contributed by atoms with Crippen molar-refractivity contribution >= 4 is 23.7 Å². The Morgan fingerprint density at radius 3 is 2.54 bits per heavy atom. The first-order valence-electron chi connectivity index (χ1n) is 8.87. The number of aryl methyl sites for hydroxylation is 1. The molecule has 2 rings (SSSR count). The highest BCUT2D eigenvalue weighted by molar-refractivity contribution is 5.91. The molecule has 1 heterocycles. The summed E-state index contributed by atoms with van der Waals surface area (Å²) in [7, 11) is 7.01. The average Bonchev–Trinajstić information content (AvgIpc) is 2.68. The van der Waals surface area contributed by atoms with Crippen LogP contribution in [-0.2, 0) is 4.79 Å². The molecule has 8 nitrogen and oxygen atoms in total. The molecular formula is C20H27N5O3. The van der Waals surface area contributed by atoms with Gasteiger partial charge in [0.2, 0.25) is 11.9 Å². The molecule has 1 amide bonds. The molecular weight excluding hydrogens is 358 g/mol. The number of benzene rings is 1. The Kier molecular flexibility index (Phi) is 7.62. The summed E-state index contributed by atoms with van der Waals surface area (Å²) in [6.07, 6.45) is 3.20. The van der Waals surface area contributed by atoms with Crippen LogP contribution in [-0.4, -0.2) is 57.3 Å². The van der Waals surface area contributed by atoms with Crippen molar-refractivity contribution < 1.29 is 14.3 Å². The van der Waals surface area contributed by atoms with Crippen LogP contribution >= 0.6 is 0 Å². The van der Waals surface area contributed by atoms with E-state index < -0.39 is 0 Å². The molecule has 0 spiro atoms. The average molecular weight is 385 g/mol. The molecule has 0 unspecified atom stereocenters. The minimum absolute atomic E-state index is 0.185. The zero-order valence-corrected chi connectivity index (χ0v) is 16.9. The third kappa shape index (κ3) is 6.15. The van der Waals surface area contributed by atoms with Gasteiger partial charge in [0.15, 0.2) is 11.5 Å². The van der Waals surface area contributed by atoms with Gasteiger partial charge in [-0.15, -0.1) is 0 Å². The Bertz CT molecular complexity index is 837. The van der Waals surface area contributed by atoms with Gasteiger partial charge in [-0.1, -0.05) is 6.07 Å². The third-order valence-corrected chi connectivity index (χ3v) is 3.84. The number of carbonyl (C=O) groups excluding carboxylic acids is 1. The molecule has 0 aliphatic heterocycles. The maximum absolute atomic E-state index is 12.0. The van der Waals surface area contributed by atoms with Gasteiger partial charge in [-0.2, -0.15) is 4.98 Å². The van der Waals surface area contributed by atoms with Gasteiger partial charge < -0.3 is 25.0 Å². The molecule has 28 heavy (non-hydrogen) atoms. The monoisotopic (exact) mass is 385 g/mol. The van der Waals surface area contributed by atoms with E-state index in [2.05, 4.69) is 20.6 Å². The molecule has 0 radical (unpaired) electrons. The van der Waals surface area contributed by atoms with E-state index in [9.17, 15) is 4.79 Å². The van der Waals surface area contributed by atoms with Gasteiger partial charge in [-0.3, -0.25) is 4.79 Å². The summed E-state index contributed by atoms with van der Waals surface area (Å²) < 4.78 is 10.5. The summed E-state index contributed by atoms with van der Waals surface area (Å²) in [5, 5.41) is 5.94. The van der Waals surface area contributed by atoms with Gasteiger partial charge in [0.25, 0.3) is 0 Å². The second kappa shape index (κ2) is 10.1. The third-order valence-electron chi connectivity index (χ3n) is 3.84. The molecule has 2 N–H and O–H groups in total. The van der Waals surface area contributed by atoms with Crippen LogP contribution in [0.1, 0.15) is 11.3 Å². The van der Waals surface area contributed by atoms with E-state index >= 15 is 0 Å². The number of nitrogens with one attached hydrogen (secondary N) is 2. The number of methoxy groups -OCH3 is 2. The smallest absolute Gasteiger partial charge is 0.244 e. The Hall–Kier alpha value is -3.29. The molecule has 0 aliphatic carbocycles. The van der Waals surface area contributed by atoms with E-state index in [-0.39, 0.29) is 5.91 Å².